The summed E-state index contributed by atoms with van der Waals surface area (Å²) in [6.45, 7) is 5.49. The summed E-state index contributed by atoms with van der Waals surface area (Å²) in [6.07, 6.45) is 2.88. The normalized spacial score (nSPS) is 13.5. The largest absolute Gasteiger partial charge is 0.491 e. The van der Waals surface area contributed by atoms with E-state index in [0.717, 1.165) is 51.1 Å². The van der Waals surface area contributed by atoms with Crippen LogP contribution >= 0.6 is 11.8 Å². The molecule has 33 heavy (non-hydrogen) atoms. The summed E-state index contributed by atoms with van der Waals surface area (Å²) < 4.78 is 11.6. The van der Waals surface area contributed by atoms with Crippen molar-refractivity contribution in [2.75, 3.05) is 19.4 Å². The molecule has 5 rings (SSSR count). The molecule has 0 unspecified atom stereocenters. The van der Waals surface area contributed by atoms with Gasteiger partial charge in [0.15, 0.2) is 11.5 Å². The van der Waals surface area contributed by atoms with E-state index in [-0.39, 0.29) is 5.91 Å². The molecule has 0 saturated carbocycles. The third kappa shape index (κ3) is 4.23. The van der Waals surface area contributed by atoms with Crippen molar-refractivity contribution in [3.63, 3.8) is 0 Å². The second kappa shape index (κ2) is 8.94. The number of aryl methyl sites for hydroxylation is 2. The SMILES string of the molecule is CCc1cc(SC)ccc1C(=O)N1CCOc2ccc(-c3ccc4oc(C)nc4c3)cc2C1. The van der Waals surface area contributed by atoms with Gasteiger partial charge >= 0.3 is 0 Å². The topological polar surface area (TPSA) is 55.6 Å². The Morgan fingerprint density at radius 1 is 1.09 bits per heavy atom. The summed E-state index contributed by atoms with van der Waals surface area (Å²) in [6, 6.07) is 18.3. The highest BCUT2D eigenvalue weighted by atomic mass is 32.2. The Kier molecular flexibility index (Phi) is 5.85. The Hall–Kier alpha value is -3.25. The van der Waals surface area contributed by atoms with E-state index in [0.29, 0.717) is 25.6 Å². The van der Waals surface area contributed by atoms with Crippen LogP contribution < -0.4 is 4.74 Å². The highest BCUT2D eigenvalue weighted by Crippen LogP contribution is 2.32. The minimum absolute atomic E-state index is 0.0563. The fraction of sp³-hybridized carbons (Fsp3) is 0.259. The molecule has 0 saturated heterocycles. The molecule has 2 heterocycles. The maximum Gasteiger partial charge on any atom is 0.254 e. The number of fused-ring (bicyclic) bond motifs is 2. The molecular formula is C27H26N2O3S. The molecular weight excluding hydrogens is 432 g/mol. The molecule has 0 spiro atoms. The van der Waals surface area contributed by atoms with Crippen molar-refractivity contribution >= 4 is 28.8 Å². The number of hydrogen-bond donors (Lipinski definition) is 0. The lowest BCUT2D eigenvalue weighted by Gasteiger charge is -2.22. The predicted octanol–water partition coefficient (Wildman–Crippen LogP) is 6.12. The predicted molar refractivity (Wildman–Crippen MR) is 132 cm³/mol. The molecule has 6 heteroatoms. The van der Waals surface area contributed by atoms with Gasteiger partial charge in [0, 0.05) is 29.5 Å². The van der Waals surface area contributed by atoms with E-state index in [1.807, 2.05) is 48.2 Å². The van der Waals surface area contributed by atoms with Gasteiger partial charge in [-0.05, 0) is 71.8 Å². The Morgan fingerprint density at radius 2 is 1.91 bits per heavy atom. The molecule has 0 atom stereocenters. The molecule has 0 radical (unpaired) electrons. The number of amides is 1. The summed E-state index contributed by atoms with van der Waals surface area (Å²) in [7, 11) is 0. The molecule has 0 bridgehead atoms. The van der Waals surface area contributed by atoms with Crippen LogP contribution in [0.1, 0.15) is 34.3 Å². The van der Waals surface area contributed by atoms with Crippen molar-refractivity contribution in [2.45, 2.75) is 31.7 Å². The second-order valence-corrected chi connectivity index (χ2v) is 9.07. The van der Waals surface area contributed by atoms with E-state index < -0.39 is 0 Å². The van der Waals surface area contributed by atoms with Gasteiger partial charge in [0.05, 0.1) is 6.54 Å². The Bertz CT molecular complexity index is 1340. The fourth-order valence-electron chi connectivity index (χ4n) is 4.34. The van der Waals surface area contributed by atoms with E-state index in [4.69, 9.17) is 9.15 Å². The molecule has 1 aromatic heterocycles. The number of benzene rings is 3. The van der Waals surface area contributed by atoms with Crippen LogP contribution in [0.2, 0.25) is 0 Å². The van der Waals surface area contributed by atoms with Crippen LogP contribution in [0.3, 0.4) is 0 Å². The zero-order valence-electron chi connectivity index (χ0n) is 19.1. The number of aromatic nitrogens is 1. The summed E-state index contributed by atoms with van der Waals surface area (Å²) in [5, 5.41) is 0. The van der Waals surface area contributed by atoms with Gasteiger partial charge in [-0.25, -0.2) is 4.98 Å². The van der Waals surface area contributed by atoms with Crippen LogP contribution in [0.5, 0.6) is 5.75 Å². The van der Waals surface area contributed by atoms with Gasteiger partial charge in [-0.15, -0.1) is 11.8 Å². The van der Waals surface area contributed by atoms with Crippen molar-refractivity contribution in [3.8, 4) is 16.9 Å². The summed E-state index contributed by atoms with van der Waals surface area (Å²) in [5.41, 5.74) is 6.62. The number of carbonyl (C=O) groups is 1. The number of hydrogen-bond acceptors (Lipinski definition) is 5. The summed E-state index contributed by atoms with van der Waals surface area (Å²) in [4.78, 5) is 21.0. The molecule has 168 valence electrons. The van der Waals surface area contributed by atoms with Gasteiger partial charge in [-0.1, -0.05) is 19.1 Å². The average molecular weight is 459 g/mol. The maximum absolute atomic E-state index is 13.5. The standard InChI is InChI=1S/C27H26N2O3S/c1-4-18-14-22(33-3)7-8-23(18)27(30)29-11-12-31-25-9-5-19(13-21(25)16-29)20-6-10-26-24(15-20)28-17(2)32-26/h5-10,13-15H,4,11-12,16H2,1-3H3. The van der Waals surface area contributed by atoms with Crippen molar-refractivity contribution < 1.29 is 13.9 Å². The molecule has 4 aromatic rings. The maximum atomic E-state index is 13.5. The first-order chi connectivity index (χ1) is 16.1. The fourth-order valence-corrected chi connectivity index (χ4v) is 4.80. The van der Waals surface area contributed by atoms with Crippen molar-refractivity contribution in [1.29, 1.82) is 0 Å². The number of thioether (sulfide) groups is 1. The average Bonchev–Trinajstić information content (AvgIpc) is 3.08. The van der Waals surface area contributed by atoms with Gasteiger partial charge in [0.25, 0.3) is 5.91 Å². The highest BCUT2D eigenvalue weighted by Gasteiger charge is 2.23. The monoisotopic (exact) mass is 458 g/mol. The van der Waals surface area contributed by atoms with Gasteiger partial charge < -0.3 is 14.1 Å². The van der Waals surface area contributed by atoms with Crippen molar-refractivity contribution in [3.05, 3.63) is 77.2 Å². The Balaban J connectivity index is 1.46. The van der Waals surface area contributed by atoms with E-state index >= 15 is 0 Å². The minimum atomic E-state index is 0.0563. The van der Waals surface area contributed by atoms with E-state index in [1.54, 1.807) is 11.8 Å². The van der Waals surface area contributed by atoms with Crippen LogP contribution in [0.25, 0.3) is 22.2 Å². The first-order valence-electron chi connectivity index (χ1n) is 11.1. The quantitative estimate of drug-likeness (QED) is 0.345. The third-order valence-electron chi connectivity index (χ3n) is 6.08. The smallest absolute Gasteiger partial charge is 0.254 e. The van der Waals surface area contributed by atoms with E-state index in [2.05, 4.69) is 36.4 Å². The van der Waals surface area contributed by atoms with Crippen LogP contribution in [-0.2, 0) is 13.0 Å². The Morgan fingerprint density at radius 3 is 2.73 bits per heavy atom. The minimum Gasteiger partial charge on any atom is -0.491 e. The molecule has 5 nitrogen and oxygen atoms in total. The Labute approximate surface area is 197 Å². The van der Waals surface area contributed by atoms with Gasteiger partial charge in [0.1, 0.15) is 17.9 Å². The molecule has 1 aliphatic heterocycles. The summed E-state index contributed by atoms with van der Waals surface area (Å²) >= 11 is 1.69. The lowest BCUT2D eigenvalue weighted by molar-refractivity contribution is 0.0732. The van der Waals surface area contributed by atoms with Crippen LogP contribution in [0.4, 0.5) is 0 Å². The number of nitrogens with zero attached hydrogens (tertiary/aromatic N) is 2. The van der Waals surface area contributed by atoms with Gasteiger partial charge in [-0.3, -0.25) is 4.79 Å². The zero-order valence-corrected chi connectivity index (χ0v) is 19.9. The van der Waals surface area contributed by atoms with Crippen LogP contribution in [0.15, 0.2) is 63.9 Å². The number of oxazole rings is 1. The van der Waals surface area contributed by atoms with Gasteiger partial charge in [0.2, 0.25) is 0 Å². The number of rotatable bonds is 4. The first-order valence-corrected chi connectivity index (χ1v) is 12.4. The third-order valence-corrected chi connectivity index (χ3v) is 6.80. The lowest BCUT2D eigenvalue weighted by atomic mass is 10.0. The molecule has 3 aromatic carbocycles. The number of ether oxygens (including phenoxy) is 1. The van der Waals surface area contributed by atoms with E-state index in [1.165, 1.54) is 4.90 Å². The first kappa shape index (κ1) is 21.6. The molecule has 0 fully saturated rings. The lowest BCUT2D eigenvalue weighted by Crippen LogP contribution is -2.33. The van der Waals surface area contributed by atoms with Gasteiger partial charge in [-0.2, -0.15) is 0 Å². The highest BCUT2D eigenvalue weighted by molar-refractivity contribution is 7.98. The summed E-state index contributed by atoms with van der Waals surface area (Å²) in [5.74, 6) is 1.55. The van der Waals surface area contributed by atoms with Crippen molar-refractivity contribution in [2.24, 2.45) is 0 Å². The van der Waals surface area contributed by atoms with E-state index in [9.17, 15) is 4.79 Å². The number of carbonyl (C=O) groups excluding carboxylic acids is 1. The molecule has 1 amide bonds. The molecule has 0 aliphatic carbocycles. The second-order valence-electron chi connectivity index (χ2n) is 8.19. The van der Waals surface area contributed by atoms with Crippen LogP contribution in [0, 0.1) is 6.92 Å². The molecule has 1 aliphatic rings. The van der Waals surface area contributed by atoms with Crippen LogP contribution in [-0.4, -0.2) is 35.2 Å². The molecule has 0 N–H and O–H groups in total. The van der Waals surface area contributed by atoms with Crippen molar-refractivity contribution in [1.82, 2.24) is 9.88 Å². The zero-order chi connectivity index (χ0) is 22.9.